The van der Waals surface area contributed by atoms with Gasteiger partial charge in [-0.2, -0.15) is 0 Å². The number of allylic oxidation sites excluding steroid dienone is 2. The van der Waals surface area contributed by atoms with Crippen LogP contribution in [0.25, 0.3) is 0 Å². The van der Waals surface area contributed by atoms with E-state index in [2.05, 4.69) is 30.5 Å². The number of esters is 2. The molecule has 3 atom stereocenters. The maximum atomic E-state index is 12.6. The first-order valence-electron chi connectivity index (χ1n) is 21.6. The maximum Gasteiger partial charge on any atom is 0.472 e. The van der Waals surface area contributed by atoms with Gasteiger partial charge in [0.25, 0.3) is 0 Å². The van der Waals surface area contributed by atoms with E-state index < -0.39 is 51.8 Å². The molecule has 11 heteroatoms. The lowest BCUT2D eigenvalue weighted by Gasteiger charge is -2.20. The molecule has 0 spiro atoms. The van der Waals surface area contributed by atoms with Gasteiger partial charge >= 0.3 is 19.8 Å². The molecule has 0 aromatic heterocycles. The molecule has 0 saturated heterocycles. The van der Waals surface area contributed by atoms with Crippen molar-refractivity contribution in [2.75, 3.05) is 26.4 Å². The topological polar surface area (TPSA) is 149 Å². The summed E-state index contributed by atoms with van der Waals surface area (Å²) in [6.45, 7) is 2.38. The van der Waals surface area contributed by atoms with E-state index in [-0.39, 0.29) is 19.4 Å². The highest BCUT2D eigenvalue weighted by atomic mass is 31.2. The van der Waals surface area contributed by atoms with E-state index in [1.807, 2.05) is 0 Å². The van der Waals surface area contributed by atoms with Gasteiger partial charge in [0.1, 0.15) is 12.7 Å². The predicted molar refractivity (Wildman–Crippen MR) is 215 cm³/mol. The van der Waals surface area contributed by atoms with Crippen molar-refractivity contribution < 1.29 is 47.8 Å². The van der Waals surface area contributed by atoms with Gasteiger partial charge in [0.05, 0.1) is 19.8 Å². The minimum Gasteiger partial charge on any atom is -0.462 e. The normalized spacial score (nSPS) is 14.0. The number of aliphatic hydroxyl groups is 2. The molecule has 0 fully saturated rings. The number of carbonyl (C=O) groups is 2. The van der Waals surface area contributed by atoms with Crippen LogP contribution in [0.2, 0.25) is 0 Å². The molecule has 0 aromatic carbocycles. The second kappa shape index (κ2) is 39.0. The van der Waals surface area contributed by atoms with E-state index in [0.29, 0.717) is 12.8 Å². The zero-order valence-electron chi connectivity index (χ0n) is 34.0. The SMILES string of the molecule is CCCCCCCC/C=C\CCCCCCCCCCCC(=O)OC(COC(=O)CCCCCCCCCCCCC)COP(=O)(O)OCC(O)CO. The molecule has 0 radical (unpaired) electrons. The molecule has 3 unspecified atom stereocenters. The monoisotopic (exact) mass is 777 g/mol. The van der Waals surface area contributed by atoms with Crippen LogP contribution in [0, 0.1) is 0 Å². The zero-order valence-corrected chi connectivity index (χ0v) is 34.9. The first-order valence-corrected chi connectivity index (χ1v) is 23.1. The number of hydrogen-bond donors (Lipinski definition) is 3. The van der Waals surface area contributed by atoms with Crippen molar-refractivity contribution in [1.29, 1.82) is 0 Å². The van der Waals surface area contributed by atoms with Crippen LogP contribution in [0.3, 0.4) is 0 Å². The maximum absolute atomic E-state index is 12.6. The van der Waals surface area contributed by atoms with Crippen LogP contribution in [0.1, 0.15) is 206 Å². The third kappa shape index (κ3) is 38.8. The summed E-state index contributed by atoms with van der Waals surface area (Å²) in [4.78, 5) is 34.9. The van der Waals surface area contributed by atoms with Gasteiger partial charge in [0, 0.05) is 12.8 Å². The summed E-state index contributed by atoms with van der Waals surface area (Å²) in [7, 11) is -4.61. The van der Waals surface area contributed by atoms with Crippen molar-refractivity contribution in [2.45, 2.75) is 219 Å². The molecule has 10 nitrogen and oxygen atoms in total. The number of unbranched alkanes of at least 4 members (excludes halogenated alkanes) is 25. The number of carbonyl (C=O) groups excluding carboxylic acids is 2. The van der Waals surface area contributed by atoms with Crippen LogP contribution in [0.4, 0.5) is 0 Å². The van der Waals surface area contributed by atoms with Crippen LogP contribution < -0.4 is 0 Å². The van der Waals surface area contributed by atoms with Gasteiger partial charge in [-0.25, -0.2) is 4.57 Å². The third-order valence-electron chi connectivity index (χ3n) is 9.42. The first-order chi connectivity index (χ1) is 25.7. The molecule has 0 aliphatic rings. The Balaban J connectivity index is 4.23. The van der Waals surface area contributed by atoms with Gasteiger partial charge in [0.15, 0.2) is 6.10 Å². The summed E-state index contributed by atoms with van der Waals surface area (Å²) in [5, 5.41) is 18.3. The summed E-state index contributed by atoms with van der Waals surface area (Å²) in [5.41, 5.74) is 0. The van der Waals surface area contributed by atoms with Crippen molar-refractivity contribution in [2.24, 2.45) is 0 Å². The Morgan fingerprint density at radius 2 is 0.925 bits per heavy atom. The quantitative estimate of drug-likeness (QED) is 0.0237. The highest BCUT2D eigenvalue weighted by Crippen LogP contribution is 2.43. The highest BCUT2D eigenvalue weighted by Gasteiger charge is 2.27. The molecule has 0 bridgehead atoms. The zero-order chi connectivity index (χ0) is 39.1. The molecule has 0 rings (SSSR count). The van der Waals surface area contributed by atoms with Gasteiger partial charge in [0.2, 0.25) is 0 Å². The molecule has 0 saturated carbocycles. The Labute approximate surface area is 324 Å². The molecule has 0 heterocycles. The van der Waals surface area contributed by atoms with E-state index in [0.717, 1.165) is 38.5 Å². The number of phosphoric acid groups is 1. The van der Waals surface area contributed by atoms with E-state index in [1.165, 1.54) is 128 Å². The average molecular weight is 777 g/mol. The summed E-state index contributed by atoms with van der Waals surface area (Å²) >= 11 is 0. The standard InChI is InChI=1S/C42H81O10P/c1-3-5-7-9-11-13-15-16-17-18-19-20-21-22-24-26-28-30-32-34-42(46)52-40(38-51-53(47,48)50-36-39(44)35-43)37-49-41(45)33-31-29-27-25-23-14-12-10-8-6-4-2/h16-17,39-40,43-44H,3-15,18-38H2,1-2H3,(H,47,48)/b17-16-. The summed E-state index contributed by atoms with van der Waals surface area (Å²) < 4.78 is 32.7. The Bertz CT molecular complexity index is 899. The molecular formula is C42H81O10P. The molecular weight excluding hydrogens is 695 g/mol. The molecule has 53 heavy (non-hydrogen) atoms. The number of rotatable bonds is 41. The average Bonchev–Trinajstić information content (AvgIpc) is 3.14. The minimum absolute atomic E-state index is 0.186. The highest BCUT2D eigenvalue weighted by molar-refractivity contribution is 7.47. The van der Waals surface area contributed by atoms with E-state index in [1.54, 1.807) is 0 Å². The van der Waals surface area contributed by atoms with Crippen LogP contribution in [0.5, 0.6) is 0 Å². The first kappa shape index (κ1) is 51.7. The fourth-order valence-electron chi connectivity index (χ4n) is 6.05. The van der Waals surface area contributed by atoms with E-state index in [4.69, 9.17) is 19.1 Å². The van der Waals surface area contributed by atoms with E-state index in [9.17, 15) is 24.2 Å². The number of ether oxygens (including phenoxy) is 2. The summed E-state index contributed by atoms with van der Waals surface area (Å²) in [6.07, 6.45) is 36.1. The second-order valence-corrected chi connectivity index (χ2v) is 16.2. The van der Waals surface area contributed by atoms with Crippen molar-refractivity contribution >= 4 is 19.8 Å². The largest absolute Gasteiger partial charge is 0.472 e. The molecule has 0 aliphatic carbocycles. The molecule has 314 valence electrons. The van der Waals surface area contributed by atoms with Gasteiger partial charge in [-0.1, -0.05) is 167 Å². The smallest absolute Gasteiger partial charge is 0.462 e. The van der Waals surface area contributed by atoms with Crippen molar-refractivity contribution in [3.05, 3.63) is 12.2 Å². The molecule has 3 N–H and O–H groups in total. The van der Waals surface area contributed by atoms with Crippen molar-refractivity contribution in [3.63, 3.8) is 0 Å². The van der Waals surface area contributed by atoms with E-state index >= 15 is 0 Å². The lowest BCUT2D eigenvalue weighted by Crippen LogP contribution is -2.29. The Morgan fingerprint density at radius 1 is 0.547 bits per heavy atom. The molecule has 0 amide bonds. The van der Waals surface area contributed by atoms with Gasteiger partial charge in [-0.05, 0) is 38.5 Å². The predicted octanol–water partition coefficient (Wildman–Crippen LogP) is 11.2. The lowest BCUT2D eigenvalue weighted by molar-refractivity contribution is -0.161. The molecule has 0 aliphatic heterocycles. The van der Waals surface area contributed by atoms with Crippen LogP contribution in [0.15, 0.2) is 12.2 Å². The third-order valence-corrected chi connectivity index (χ3v) is 10.4. The van der Waals surface area contributed by atoms with Gasteiger partial charge in [-0.15, -0.1) is 0 Å². The van der Waals surface area contributed by atoms with Crippen LogP contribution in [-0.2, 0) is 32.7 Å². The Morgan fingerprint density at radius 3 is 1.36 bits per heavy atom. The van der Waals surface area contributed by atoms with Crippen LogP contribution in [-0.4, -0.2) is 65.7 Å². The Kier molecular flexibility index (Phi) is 38.0. The summed E-state index contributed by atoms with van der Waals surface area (Å²) in [5.74, 6) is -0.919. The van der Waals surface area contributed by atoms with Gasteiger partial charge < -0.3 is 24.6 Å². The fourth-order valence-corrected chi connectivity index (χ4v) is 6.84. The summed E-state index contributed by atoms with van der Waals surface area (Å²) in [6, 6.07) is 0. The lowest BCUT2D eigenvalue weighted by atomic mass is 10.1. The van der Waals surface area contributed by atoms with Crippen molar-refractivity contribution in [1.82, 2.24) is 0 Å². The minimum atomic E-state index is -4.61. The van der Waals surface area contributed by atoms with Crippen molar-refractivity contribution in [3.8, 4) is 0 Å². The Hall–Kier alpha value is -1.29. The number of phosphoric ester groups is 1. The molecule has 0 aromatic rings. The number of hydrogen-bond acceptors (Lipinski definition) is 9. The fraction of sp³-hybridized carbons (Fsp3) is 0.905. The number of aliphatic hydroxyl groups excluding tert-OH is 2. The van der Waals surface area contributed by atoms with Crippen LogP contribution >= 0.6 is 7.82 Å². The van der Waals surface area contributed by atoms with Gasteiger partial charge in [-0.3, -0.25) is 18.6 Å². The second-order valence-electron chi connectivity index (χ2n) is 14.7.